The van der Waals surface area contributed by atoms with Gasteiger partial charge in [0.15, 0.2) is 5.82 Å². The Bertz CT molecular complexity index is 561. The van der Waals surface area contributed by atoms with E-state index in [1.807, 2.05) is 18.2 Å². The Morgan fingerprint density at radius 2 is 2.15 bits per heavy atom. The molecule has 0 amide bonds. The van der Waals surface area contributed by atoms with Gasteiger partial charge in [0.25, 0.3) is 0 Å². The van der Waals surface area contributed by atoms with Gasteiger partial charge in [0.2, 0.25) is 0 Å². The summed E-state index contributed by atoms with van der Waals surface area (Å²) in [6.45, 7) is 2.12. The highest BCUT2D eigenvalue weighted by Gasteiger charge is 2.12. The second-order valence-corrected chi connectivity index (χ2v) is 4.69. The molecule has 2 aromatic rings. The molecule has 0 bridgehead atoms. The summed E-state index contributed by atoms with van der Waals surface area (Å²) in [4.78, 5) is 10.8. The van der Waals surface area contributed by atoms with Gasteiger partial charge in [-0.1, -0.05) is 0 Å². The van der Waals surface area contributed by atoms with Crippen molar-refractivity contribution in [1.29, 1.82) is 0 Å². The second-order valence-electron chi connectivity index (χ2n) is 4.69. The monoisotopic (exact) mass is 271 g/mol. The van der Waals surface area contributed by atoms with E-state index in [0.717, 1.165) is 18.9 Å². The molecule has 1 saturated heterocycles. The molecule has 0 aromatic carbocycles. The Labute approximate surface area is 117 Å². The van der Waals surface area contributed by atoms with Crippen LogP contribution in [0, 0.1) is 0 Å². The van der Waals surface area contributed by atoms with Crippen LogP contribution in [0.3, 0.4) is 0 Å². The average Bonchev–Trinajstić information content (AvgIpc) is 3.02. The lowest BCUT2D eigenvalue weighted by molar-refractivity contribution is 0.560. The summed E-state index contributed by atoms with van der Waals surface area (Å²) in [6, 6.07) is 5.58. The molecule has 3 rings (SSSR count). The van der Waals surface area contributed by atoms with Crippen molar-refractivity contribution in [3.05, 3.63) is 36.5 Å². The lowest BCUT2D eigenvalue weighted by Crippen LogP contribution is -2.30. The minimum Gasteiger partial charge on any atom is -0.463 e. The van der Waals surface area contributed by atoms with E-state index in [1.54, 1.807) is 18.8 Å². The minimum atomic E-state index is 0.684. The fourth-order valence-corrected chi connectivity index (χ4v) is 2.23. The highest BCUT2D eigenvalue weighted by Crippen LogP contribution is 2.18. The molecule has 0 radical (unpaired) electrons. The first-order chi connectivity index (χ1) is 9.92. The third kappa shape index (κ3) is 3.14. The number of nitrogens with one attached hydrogen (secondary N) is 1. The first-order valence-corrected chi connectivity index (χ1v) is 6.81. The molecule has 1 aliphatic rings. The predicted molar refractivity (Wildman–Crippen MR) is 78.0 cm³/mol. The Morgan fingerprint density at radius 3 is 2.95 bits per heavy atom. The zero-order chi connectivity index (χ0) is 13.6. The zero-order valence-corrected chi connectivity index (χ0v) is 11.2. The van der Waals surface area contributed by atoms with Gasteiger partial charge >= 0.3 is 0 Å². The fourth-order valence-electron chi connectivity index (χ4n) is 2.23. The molecule has 6 heteroatoms. The smallest absolute Gasteiger partial charge is 0.151 e. The van der Waals surface area contributed by atoms with Gasteiger partial charge in [-0.3, -0.25) is 5.43 Å². The van der Waals surface area contributed by atoms with Crippen molar-refractivity contribution in [2.24, 2.45) is 5.10 Å². The summed E-state index contributed by atoms with van der Waals surface area (Å²) in [7, 11) is 0. The lowest BCUT2D eigenvalue weighted by Gasteiger charge is -2.27. The molecule has 0 aliphatic carbocycles. The van der Waals surface area contributed by atoms with Gasteiger partial charge in [0.05, 0.1) is 12.5 Å². The van der Waals surface area contributed by atoms with Crippen molar-refractivity contribution in [2.75, 3.05) is 23.4 Å². The standard InChI is InChI=1S/C14H17N5O/c1-2-6-19(7-3-1)14-9-13(15-11-16-14)18-17-10-12-5-4-8-20-12/h4-5,8-11H,1-3,6-7H2,(H,15,16,18)/b17-10+. The largest absolute Gasteiger partial charge is 0.463 e. The van der Waals surface area contributed by atoms with E-state index < -0.39 is 0 Å². The maximum absolute atomic E-state index is 5.16. The fraction of sp³-hybridized carbons (Fsp3) is 0.357. The van der Waals surface area contributed by atoms with E-state index in [4.69, 9.17) is 4.42 Å². The summed E-state index contributed by atoms with van der Waals surface area (Å²) in [5.74, 6) is 2.33. The molecule has 0 atom stereocenters. The van der Waals surface area contributed by atoms with Gasteiger partial charge in [-0.2, -0.15) is 5.10 Å². The van der Waals surface area contributed by atoms with Crippen molar-refractivity contribution in [1.82, 2.24) is 9.97 Å². The predicted octanol–water partition coefficient (Wildman–Crippen LogP) is 2.51. The van der Waals surface area contributed by atoms with Gasteiger partial charge in [-0.15, -0.1) is 0 Å². The van der Waals surface area contributed by atoms with Crippen LogP contribution in [-0.2, 0) is 0 Å². The van der Waals surface area contributed by atoms with Crippen LogP contribution in [0.15, 0.2) is 40.3 Å². The Kier molecular flexibility index (Phi) is 3.91. The number of anilines is 2. The summed E-state index contributed by atoms with van der Waals surface area (Å²) in [6.07, 6.45) is 8.55. The SMILES string of the molecule is C(=N\Nc1cc(N2CCCCC2)ncn1)/c1ccco1. The number of nitrogens with zero attached hydrogens (tertiary/aromatic N) is 4. The number of piperidine rings is 1. The topological polar surface area (TPSA) is 66.6 Å². The molecule has 1 N–H and O–H groups in total. The number of hydrogen-bond donors (Lipinski definition) is 1. The van der Waals surface area contributed by atoms with E-state index in [0.29, 0.717) is 11.6 Å². The number of furan rings is 1. The summed E-state index contributed by atoms with van der Waals surface area (Å²) >= 11 is 0. The van der Waals surface area contributed by atoms with Crippen LogP contribution in [0.25, 0.3) is 0 Å². The second kappa shape index (κ2) is 6.18. The Balaban J connectivity index is 1.64. The third-order valence-corrected chi connectivity index (χ3v) is 3.25. The number of rotatable bonds is 4. The maximum Gasteiger partial charge on any atom is 0.151 e. The van der Waals surface area contributed by atoms with E-state index in [2.05, 4.69) is 25.4 Å². The third-order valence-electron chi connectivity index (χ3n) is 3.25. The van der Waals surface area contributed by atoms with Gasteiger partial charge in [-0.25, -0.2) is 9.97 Å². The van der Waals surface area contributed by atoms with Crippen LogP contribution in [-0.4, -0.2) is 29.3 Å². The molecule has 6 nitrogen and oxygen atoms in total. The highest BCUT2D eigenvalue weighted by molar-refractivity contribution is 5.76. The maximum atomic E-state index is 5.16. The lowest BCUT2D eigenvalue weighted by atomic mass is 10.1. The summed E-state index contributed by atoms with van der Waals surface area (Å²) < 4.78 is 5.16. The molecule has 1 fully saturated rings. The Morgan fingerprint density at radius 1 is 1.25 bits per heavy atom. The molecule has 0 unspecified atom stereocenters. The van der Waals surface area contributed by atoms with Crippen LogP contribution in [0.2, 0.25) is 0 Å². The number of hydrazone groups is 1. The van der Waals surface area contributed by atoms with Crippen molar-refractivity contribution >= 4 is 17.9 Å². The highest BCUT2D eigenvalue weighted by atomic mass is 16.3. The van der Waals surface area contributed by atoms with Gasteiger partial charge < -0.3 is 9.32 Å². The quantitative estimate of drug-likeness (QED) is 0.683. The van der Waals surface area contributed by atoms with Crippen molar-refractivity contribution in [3.63, 3.8) is 0 Å². The molecule has 104 valence electrons. The first kappa shape index (κ1) is 12.7. The minimum absolute atomic E-state index is 0.684. The first-order valence-electron chi connectivity index (χ1n) is 6.81. The molecule has 1 aliphatic heterocycles. The van der Waals surface area contributed by atoms with Gasteiger partial charge in [0, 0.05) is 19.2 Å². The average molecular weight is 271 g/mol. The molecule has 0 saturated carbocycles. The summed E-state index contributed by atoms with van der Waals surface area (Å²) in [5.41, 5.74) is 2.89. The molecule has 3 heterocycles. The van der Waals surface area contributed by atoms with Gasteiger partial charge in [-0.05, 0) is 31.4 Å². The van der Waals surface area contributed by atoms with E-state index >= 15 is 0 Å². The number of aromatic nitrogens is 2. The van der Waals surface area contributed by atoms with E-state index in [9.17, 15) is 0 Å². The van der Waals surface area contributed by atoms with Crippen molar-refractivity contribution < 1.29 is 4.42 Å². The van der Waals surface area contributed by atoms with E-state index in [-0.39, 0.29) is 0 Å². The normalized spacial score (nSPS) is 15.7. The molecular weight excluding hydrogens is 254 g/mol. The van der Waals surface area contributed by atoms with Gasteiger partial charge in [0.1, 0.15) is 17.9 Å². The van der Waals surface area contributed by atoms with Crippen LogP contribution in [0.5, 0.6) is 0 Å². The number of hydrogen-bond acceptors (Lipinski definition) is 6. The summed E-state index contributed by atoms with van der Waals surface area (Å²) in [5, 5.41) is 4.09. The zero-order valence-electron chi connectivity index (χ0n) is 11.2. The van der Waals surface area contributed by atoms with Crippen LogP contribution in [0.1, 0.15) is 25.0 Å². The molecular formula is C14H17N5O. The van der Waals surface area contributed by atoms with E-state index in [1.165, 1.54) is 19.3 Å². The molecule has 2 aromatic heterocycles. The molecule has 0 spiro atoms. The molecule has 20 heavy (non-hydrogen) atoms. The van der Waals surface area contributed by atoms with Crippen LogP contribution in [0.4, 0.5) is 11.6 Å². The van der Waals surface area contributed by atoms with Crippen molar-refractivity contribution in [2.45, 2.75) is 19.3 Å². The van der Waals surface area contributed by atoms with Crippen LogP contribution < -0.4 is 10.3 Å². The Hall–Kier alpha value is -2.37. The van der Waals surface area contributed by atoms with Crippen LogP contribution >= 0.6 is 0 Å². The van der Waals surface area contributed by atoms with Crippen molar-refractivity contribution in [3.8, 4) is 0 Å².